The molecule has 2 aromatic rings. The average Bonchev–Trinajstić information content (AvgIpc) is 2.75. The second kappa shape index (κ2) is 5.05. The third kappa shape index (κ3) is 2.38. The molecule has 0 aliphatic rings. The molecule has 2 rings (SSSR count). The Hall–Kier alpha value is -1.68. The van der Waals surface area contributed by atoms with Crippen molar-refractivity contribution in [2.75, 3.05) is 7.05 Å². The molecule has 0 aliphatic carbocycles. The minimum atomic E-state index is 0.845. The van der Waals surface area contributed by atoms with Crippen molar-refractivity contribution in [2.45, 2.75) is 0 Å². The normalized spacial score (nSPS) is 8.77. The molecule has 0 radical (unpaired) electrons. The molecule has 2 N–H and O–H groups in total. The van der Waals surface area contributed by atoms with Crippen LogP contribution in [0.25, 0.3) is 5.82 Å². The van der Waals surface area contributed by atoms with Gasteiger partial charge in [0.05, 0.1) is 0 Å². The summed E-state index contributed by atoms with van der Waals surface area (Å²) in [6.07, 6.45) is 5.34. The van der Waals surface area contributed by atoms with Crippen molar-refractivity contribution in [1.82, 2.24) is 14.8 Å². The van der Waals surface area contributed by atoms with Crippen LogP contribution in [0.4, 0.5) is 0 Å². The van der Waals surface area contributed by atoms with Gasteiger partial charge in [-0.25, -0.2) is 9.67 Å². The van der Waals surface area contributed by atoms with E-state index in [0.29, 0.717) is 0 Å². The molecule has 0 atom stereocenters. The molecule has 0 amide bonds. The SMILES string of the molecule is CN.c1ccc(-n2cccn2)nc1. The Kier molecular flexibility index (Phi) is 3.66. The number of rotatable bonds is 1. The summed E-state index contributed by atoms with van der Waals surface area (Å²) in [4.78, 5) is 4.12. The highest BCUT2D eigenvalue weighted by molar-refractivity contribution is 5.19. The van der Waals surface area contributed by atoms with E-state index in [0.717, 1.165) is 5.82 Å². The summed E-state index contributed by atoms with van der Waals surface area (Å²) in [6.45, 7) is 0. The predicted molar refractivity (Wildman–Crippen MR) is 51.5 cm³/mol. The lowest BCUT2D eigenvalue weighted by Gasteiger charge is -1.96. The van der Waals surface area contributed by atoms with E-state index in [-0.39, 0.29) is 0 Å². The Bertz CT molecular complexity index is 315. The zero-order chi connectivity index (χ0) is 9.52. The van der Waals surface area contributed by atoms with Gasteiger partial charge in [-0.2, -0.15) is 5.10 Å². The fourth-order valence-corrected chi connectivity index (χ4v) is 0.894. The minimum Gasteiger partial charge on any atom is -0.333 e. The van der Waals surface area contributed by atoms with Crippen LogP contribution in [0.2, 0.25) is 0 Å². The van der Waals surface area contributed by atoms with E-state index >= 15 is 0 Å². The molecule has 13 heavy (non-hydrogen) atoms. The van der Waals surface area contributed by atoms with Crippen LogP contribution in [0.1, 0.15) is 0 Å². The van der Waals surface area contributed by atoms with Gasteiger partial charge in [-0.15, -0.1) is 0 Å². The van der Waals surface area contributed by atoms with Crippen LogP contribution in [-0.2, 0) is 0 Å². The highest BCUT2D eigenvalue weighted by atomic mass is 15.3. The van der Waals surface area contributed by atoms with Crippen LogP contribution in [0, 0.1) is 0 Å². The summed E-state index contributed by atoms with van der Waals surface area (Å²) >= 11 is 0. The first-order valence-electron chi connectivity index (χ1n) is 3.95. The van der Waals surface area contributed by atoms with E-state index in [2.05, 4.69) is 15.8 Å². The van der Waals surface area contributed by atoms with E-state index in [1.165, 1.54) is 7.05 Å². The Morgan fingerprint density at radius 3 is 2.54 bits per heavy atom. The number of pyridine rings is 1. The first-order valence-corrected chi connectivity index (χ1v) is 3.95. The van der Waals surface area contributed by atoms with Crippen LogP contribution in [0.5, 0.6) is 0 Å². The van der Waals surface area contributed by atoms with Crippen LogP contribution in [0.3, 0.4) is 0 Å². The van der Waals surface area contributed by atoms with Gasteiger partial charge in [0.1, 0.15) is 0 Å². The van der Waals surface area contributed by atoms with Gasteiger partial charge in [-0.3, -0.25) is 0 Å². The Balaban J connectivity index is 0.000000396. The summed E-state index contributed by atoms with van der Waals surface area (Å²) in [7, 11) is 1.50. The van der Waals surface area contributed by atoms with Crippen LogP contribution in [-0.4, -0.2) is 21.8 Å². The maximum atomic E-state index is 4.50. The zero-order valence-electron chi connectivity index (χ0n) is 7.46. The van der Waals surface area contributed by atoms with Gasteiger partial charge in [-0.05, 0) is 25.2 Å². The molecular weight excluding hydrogens is 164 g/mol. The van der Waals surface area contributed by atoms with Gasteiger partial charge in [0, 0.05) is 18.6 Å². The quantitative estimate of drug-likeness (QED) is 0.700. The summed E-state index contributed by atoms with van der Waals surface area (Å²) in [5, 5.41) is 4.04. The van der Waals surface area contributed by atoms with Gasteiger partial charge in [0.25, 0.3) is 0 Å². The molecule has 4 nitrogen and oxygen atoms in total. The van der Waals surface area contributed by atoms with Gasteiger partial charge in [-0.1, -0.05) is 6.07 Å². The van der Waals surface area contributed by atoms with Crippen LogP contribution in [0.15, 0.2) is 42.9 Å². The maximum Gasteiger partial charge on any atom is 0.153 e. The molecule has 0 saturated carbocycles. The predicted octanol–water partition coefficient (Wildman–Crippen LogP) is 0.842. The third-order valence-electron chi connectivity index (χ3n) is 1.39. The van der Waals surface area contributed by atoms with Gasteiger partial charge in [0.15, 0.2) is 5.82 Å². The summed E-state index contributed by atoms with van der Waals surface area (Å²) in [5.74, 6) is 0.845. The van der Waals surface area contributed by atoms with E-state index in [9.17, 15) is 0 Å². The van der Waals surface area contributed by atoms with Gasteiger partial charge in [0.2, 0.25) is 0 Å². The molecule has 0 bridgehead atoms. The second-order valence-corrected chi connectivity index (χ2v) is 2.14. The standard InChI is InChI=1S/C8H7N3.CH5N/c1-2-5-9-8(4-1)11-7-3-6-10-11;1-2/h1-7H;2H2,1H3. The van der Waals surface area contributed by atoms with E-state index in [1.807, 2.05) is 30.5 Å². The van der Waals surface area contributed by atoms with Crippen molar-refractivity contribution in [3.63, 3.8) is 0 Å². The number of hydrogen-bond donors (Lipinski definition) is 1. The van der Waals surface area contributed by atoms with Crippen molar-refractivity contribution >= 4 is 0 Å². The highest BCUT2D eigenvalue weighted by Gasteiger charge is 1.92. The van der Waals surface area contributed by atoms with E-state index in [1.54, 1.807) is 17.1 Å². The zero-order valence-corrected chi connectivity index (χ0v) is 7.46. The molecule has 2 heterocycles. The van der Waals surface area contributed by atoms with Crippen LogP contribution >= 0.6 is 0 Å². The Morgan fingerprint density at radius 2 is 2.00 bits per heavy atom. The van der Waals surface area contributed by atoms with Crippen molar-refractivity contribution in [3.05, 3.63) is 42.9 Å². The van der Waals surface area contributed by atoms with Gasteiger partial charge >= 0.3 is 0 Å². The summed E-state index contributed by atoms with van der Waals surface area (Å²) < 4.78 is 1.72. The molecule has 4 heteroatoms. The van der Waals surface area contributed by atoms with Crippen molar-refractivity contribution in [2.24, 2.45) is 5.73 Å². The number of nitrogens with zero attached hydrogens (tertiary/aromatic N) is 3. The van der Waals surface area contributed by atoms with E-state index in [4.69, 9.17) is 0 Å². The highest BCUT2D eigenvalue weighted by Crippen LogP contribution is 1.98. The molecule has 0 aromatic carbocycles. The third-order valence-corrected chi connectivity index (χ3v) is 1.39. The fraction of sp³-hybridized carbons (Fsp3) is 0.111. The molecule has 2 aromatic heterocycles. The molecular formula is C9H12N4. The number of aromatic nitrogens is 3. The fourth-order valence-electron chi connectivity index (χ4n) is 0.894. The average molecular weight is 176 g/mol. The largest absolute Gasteiger partial charge is 0.333 e. The summed E-state index contributed by atoms with van der Waals surface area (Å²) in [5.41, 5.74) is 4.50. The molecule has 0 fully saturated rings. The minimum absolute atomic E-state index is 0.845. The molecule has 0 saturated heterocycles. The van der Waals surface area contributed by atoms with Crippen molar-refractivity contribution in [3.8, 4) is 5.82 Å². The molecule has 0 unspecified atom stereocenters. The van der Waals surface area contributed by atoms with Gasteiger partial charge < -0.3 is 5.73 Å². The number of nitrogens with two attached hydrogens (primary N) is 1. The lowest BCUT2D eigenvalue weighted by atomic mass is 10.5. The molecule has 0 spiro atoms. The van der Waals surface area contributed by atoms with Crippen molar-refractivity contribution < 1.29 is 0 Å². The van der Waals surface area contributed by atoms with E-state index < -0.39 is 0 Å². The Labute approximate surface area is 77.0 Å². The van der Waals surface area contributed by atoms with Crippen molar-refractivity contribution in [1.29, 1.82) is 0 Å². The number of hydrogen-bond acceptors (Lipinski definition) is 3. The first kappa shape index (κ1) is 9.41. The lowest BCUT2D eigenvalue weighted by Crippen LogP contribution is -1.95. The maximum absolute atomic E-state index is 4.50. The summed E-state index contributed by atoms with van der Waals surface area (Å²) in [6, 6.07) is 7.60. The topological polar surface area (TPSA) is 56.7 Å². The Morgan fingerprint density at radius 1 is 1.15 bits per heavy atom. The lowest BCUT2D eigenvalue weighted by molar-refractivity contribution is 0.847. The molecule has 68 valence electrons. The smallest absolute Gasteiger partial charge is 0.153 e. The molecule has 0 aliphatic heterocycles. The monoisotopic (exact) mass is 176 g/mol. The first-order chi connectivity index (χ1) is 6.47. The second-order valence-electron chi connectivity index (χ2n) is 2.14. The van der Waals surface area contributed by atoms with Crippen LogP contribution < -0.4 is 5.73 Å².